The molecule has 104 valence electrons. The first kappa shape index (κ1) is 14.2. The smallest absolute Gasteiger partial charge is 0.339 e. The first-order valence-corrected chi connectivity index (χ1v) is 6.61. The van der Waals surface area contributed by atoms with Crippen LogP contribution < -0.4 is 5.32 Å². The van der Waals surface area contributed by atoms with Crippen molar-refractivity contribution in [2.75, 3.05) is 13.7 Å². The van der Waals surface area contributed by atoms with Crippen LogP contribution in [0.1, 0.15) is 22.8 Å². The lowest BCUT2D eigenvalue weighted by molar-refractivity contribution is 0.0526. The summed E-state index contributed by atoms with van der Waals surface area (Å²) in [5.74, 6) is -0.338. The fraction of sp³-hybridized carbons (Fsp3) is 0.250. The standard InChI is InChI=1S/C16H18N2O2/c1-3-20-16(19)14-7-8-15(18-11-14)13-6-4-5-12(9-13)10-17-2/h4-9,11,17H,3,10H2,1-2H3. The Morgan fingerprint density at radius 3 is 2.80 bits per heavy atom. The van der Waals surface area contributed by atoms with Crippen LogP contribution in [0.25, 0.3) is 11.3 Å². The molecule has 1 N–H and O–H groups in total. The number of hydrogen-bond acceptors (Lipinski definition) is 4. The molecule has 0 aliphatic carbocycles. The Morgan fingerprint density at radius 1 is 1.30 bits per heavy atom. The average Bonchev–Trinajstić information content (AvgIpc) is 2.48. The minimum absolute atomic E-state index is 0.338. The molecule has 0 saturated heterocycles. The number of aromatic nitrogens is 1. The average molecular weight is 270 g/mol. The number of benzene rings is 1. The van der Waals surface area contributed by atoms with Crippen molar-refractivity contribution in [3.8, 4) is 11.3 Å². The van der Waals surface area contributed by atoms with Crippen LogP contribution in [-0.4, -0.2) is 24.6 Å². The Hall–Kier alpha value is -2.20. The fourth-order valence-corrected chi connectivity index (χ4v) is 1.94. The van der Waals surface area contributed by atoms with Gasteiger partial charge in [-0.15, -0.1) is 0 Å². The van der Waals surface area contributed by atoms with Crippen LogP contribution in [0.5, 0.6) is 0 Å². The van der Waals surface area contributed by atoms with Crippen molar-refractivity contribution in [1.82, 2.24) is 10.3 Å². The normalized spacial score (nSPS) is 10.3. The van der Waals surface area contributed by atoms with Gasteiger partial charge in [-0.1, -0.05) is 18.2 Å². The summed E-state index contributed by atoms with van der Waals surface area (Å²) in [5, 5.41) is 3.12. The van der Waals surface area contributed by atoms with Gasteiger partial charge < -0.3 is 10.1 Å². The topological polar surface area (TPSA) is 51.2 Å². The van der Waals surface area contributed by atoms with Gasteiger partial charge in [0.15, 0.2) is 0 Å². The molecule has 0 aliphatic heterocycles. The van der Waals surface area contributed by atoms with Crippen molar-refractivity contribution in [2.45, 2.75) is 13.5 Å². The zero-order valence-corrected chi connectivity index (χ0v) is 11.7. The lowest BCUT2D eigenvalue weighted by Gasteiger charge is -2.06. The van der Waals surface area contributed by atoms with Crippen molar-refractivity contribution >= 4 is 5.97 Å². The first-order valence-electron chi connectivity index (χ1n) is 6.61. The van der Waals surface area contributed by atoms with E-state index in [-0.39, 0.29) is 5.97 Å². The highest BCUT2D eigenvalue weighted by Gasteiger charge is 2.07. The van der Waals surface area contributed by atoms with Crippen molar-refractivity contribution in [1.29, 1.82) is 0 Å². The molecular weight excluding hydrogens is 252 g/mol. The van der Waals surface area contributed by atoms with Crippen LogP contribution in [-0.2, 0) is 11.3 Å². The number of rotatable bonds is 5. The molecule has 2 aromatic rings. The highest BCUT2D eigenvalue weighted by atomic mass is 16.5. The van der Waals surface area contributed by atoms with E-state index in [9.17, 15) is 4.79 Å². The quantitative estimate of drug-likeness (QED) is 0.849. The fourth-order valence-electron chi connectivity index (χ4n) is 1.94. The van der Waals surface area contributed by atoms with Crippen molar-refractivity contribution in [3.63, 3.8) is 0 Å². The Bertz CT molecular complexity index is 579. The van der Waals surface area contributed by atoms with Crippen LogP contribution in [0.15, 0.2) is 42.6 Å². The van der Waals surface area contributed by atoms with Gasteiger partial charge in [-0.05, 0) is 37.7 Å². The third-order valence-electron chi connectivity index (χ3n) is 2.88. The van der Waals surface area contributed by atoms with E-state index in [1.807, 2.05) is 25.2 Å². The van der Waals surface area contributed by atoms with E-state index in [2.05, 4.69) is 22.4 Å². The number of pyridine rings is 1. The van der Waals surface area contributed by atoms with Crippen molar-refractivity contribution in [3.05, 3.63) is 53.7 Å². The van der Waals surface area contributed by atoms with Gasteiger partial charge >= 0.3 is 5.97 Å². The molecule has 4 nitrogen and oxygen atoms in total. The molecule has 0 saturated carbocycles. The third-order valence-corrected chi connectivity index (χ3v) is 2.88. The number of nitrogens with zero attached hydrogens (tertiary/aromatic N) is 1. The lowest BCUT2D eigenvalue weighted by atomic mass is 10.1. The van der Waals surface area contributed by atoms with Gasteiger partial charge in [-0.2, -0.15) is 0 Å². The third kappa shape index (κ3) is 3.42. The van der Waals surface area contributed by atoms with E-state index in [0.717, 1.165) is 17.8 Å². The van der Waals surface area contributed by atoms with Gasteiger partial charge in [0.25, 0.3) is 0 Å². The molecule has 0 radical (unpaired) electrons. The molecule has 0 fully saturated rings. The second kappa shape index (κ2) is 6.82. The highest BCUT2D eigenvalue weighted by molar-refractivity contribution is 5.89. The molecule has 1 aromatic carbocycles. The maximum atomic E-state index is 11.6. The van der Waals surface area contributed by atoms with Crippen molar-refractivity contribution in [2.24, 2.45) is 0 Å². The minimum atomic E-state index is -0.338. The minimum Gasteiger partial charge on any atom is -0.462 e. The Kier molecular flexibility index (Phi) is 4.85. The Morgan fingerprint density at radius 2 is 2.15 bits per heavy atom. The van der Waals surface area contributed by atoms with E-state index in [4.69, 9.17) is 4.74 Å². The lowest BCUT2D eigenvalue weighted by Crippen LogP contribution is -2.05. The summed E-state index contributed by atoms with van der Waals surface area (Å²) in [6.45, 7) is 2.97. The SMILES string of the molecule is CCOC(=O)c1ccc(-c2cccc(CNC)c2)nc1. The molecule has 0 unspecified atom stereocenters. The molecule has 4 heteroatoms. The van der Waals surface area contributed by atoms with E-state index < -0.39 is 0 Å². The summed E-state index contributed by atoms with van der Waals surface area (Å²) in [7, 11) is 1.92. The molecule has 20 heavy (non-hydrogen) atoms. The molecule has 1 aromatic heterocycles. The van der Waals surface area contributed by atoms with Gasteiger partial charge in [-0.25, -0.2) is 4.79 Å². The van der Waals surface area contributed by atoms with Gasteiger partial charge in [0.1, 0.15) is 0 Å². The van der Waals surface area contributed by atoms with E-state index >= 15 is 0 Å². The number of hydrogen-bond donors (Lipinski definition) is 1. The maximum absolute atomic E-state index is 11.6. The van der Waals surface area contributed by atoms with Crippen LogP contribution in [0.2, 0.25) is 0 Å². The molecule has 0 bridgehead atoms. The van der Waals surface area contributed by atoms with Crippen LogP contribution in [0.3, 0.4) is 0 Å². The van der Waals surface area contributed by atoms with Gasteiger partial charge in [0.2, 0.25) is 0 Å². The molecular formula is C16H18N2O2. The monoisotopic (exact) mass is 270 g/mol. The number of ether oxygens (including phenoxy) is 1. The number of nitrogens with one attached hydrogen (secondary N) is 1. The number of carbonyl (C=O) groups excluding carboxylic acids is 1. The van der Waals surface area contributed by atoms with Gasteiger partial charge in [0, 0.05) is 18.3 Å². The summed E-state index contributed by atoms with van der Waals surface area (Å²) in [5.41, 5.74) is 3.55. The zero-order chi connectivity index (χ0) is 14.4. The Labute approximate surface area is 118 Å². The summed E-state index contributed by atoms with van der Waals surface area (Å²) >= 11 is 0. The second-order valence-corrected chi connectivity index (χ2v) is 4.38. The highest BCUT2D eigenvalue weighted by Crippen LogP contribution is 2.18. The van der Waals surface area contributed by atoms with Crippen LogP contribution in [0.4, 0.5) is 0 Å². The van der Waals surface area contributed by atoms with Crippen LogP contribution >= 0.6 is 0 Å². The molecule has 1 heterocycles. The van der Waals surface area contributed by atoms with E-state index in [0.29, 0.717) is 12.2 Å². The summed E-state index contributed by atoms with van der Waals surface area (Å²) < 4.78 is 4.94. The molecule has 2 rings (SSSR count). The summed E-state index contributed by atoms with van der Waals surface area (Å²) in [6, 6.07) is 11.7. The maximum Gasteiger partial charge on any atom is 0.339 e. The predicted octanol–water partition coefficient (Wildman–Crippen LogP) is 2.64. The second-order valence-electron chi connectivity index (χ2n) is 4.38. The van der Waals surface area contributed by atoms with E-state index in [1.54, 1.807) is 19.2 Å². The molecule has 0 spiro atoms. The molecule has 0 aliphatic rings. The molecule has 0 atom stereocenters. The number of carbonyl (C=O) groups is 1. The predicted molar refractivity (Wildman–Crippen MR) is 78.4 cm³/mol. The first-order chi connectivity index (χ1) is 9.74. The number of esters is 1. The van der Waals surface area contributed by atoms with Crippen LogP contribution in [0, 0.1) is 0 Å². The Balaban J connectivity index is 2.21. The van der Waals surface area contributed by atoms with Crippen molar-refractivity contribution < 1.29 is 9.53 Å². The molecule has 0 amide bonds. The van der Waals surface area contributed by atoms with Gasteiger partial charge in [-0.3, -0.25) is 4.98 Å². The summed E-state index contributed by atoms with van der Waals surface area (Å²) in [4.78, 5) is 15.9. The van der Waals surface area contributed by atoms with E-state index in [1.165, 1.54) is 5.56 Å². The summed E-state index contributed by atoms with van der Waals surface area (Å²) in [6.07, 6.45) is 1.55. The van der Waals surface area contributed by atoms with Gasteiger partial charge in [0.05, 0.1) is 17.9 Å². The largest absolute Gasteiger partial charge is 0.462 e. The zero-order valence-electron chi connectivity index (χ0n) is 11.7.